The Hall–Kier alpha value is -1.40. The minimum absolute atomic E-state index is 0.251. The van der Waals surface area contributed by atoms with Gasteiger partial charge in [-0.3, -0.25) is 15.1 Å². The van der Waals surface area contributed by atoms with E-state index in [4.69, 9.17) is 23.2 Å². The molecule has 0 bridgehead atoms. The summed E-state index contributed by atoms with van der Waals surface area (Å²) in [5, 5.41) is 11.1. The van der Waals surface area contributed by atoms with Gasteiger partial charge in [-0.1, -0.05) is 23.2 Å². The summed E-state index contributed by atoms with van der Waals surface area (Å²) in [6.07, 6.45) is 1.61. The van der Waals surface area contributed by atoms with Crippen molar-refractivity contribution in [1.82, 2.24) is 9.88 Å². The monoisotopic (exact) mass is 288 g/mol. The van der Waals surface area contributed by atoms with Crippen LogP contribution < -0.4 is 0 Å². The van der Waals surface area contributed by atoms with Gasteiger partial charge in [0.2, 0.25) is 0 Å². The molecule has 0 saturated heterocycles. The molecule has 0 atom stereocenters. The molecule has 6 nitrogen and oxygen atoms in total. The van der Waals surface area contributed by atoms with E-state index in [-0.39, 0.29) is 16.6 Å². The van der Waals surface area contributed by atoms with Gasteiger partial charge in [-0.05, 0) is 11.6 Å². The molecule has 1 aliphatic rings. The van der Waals surface area contributed by atoms with Crippen LogP contribution >= 0.6 is 23.2 Å². The molecule has 2 rings (SSSR count). The van der Waals surface area contributed by atoms with E-state index in [2.05, 4.69) is 9.98 Å². The molecule has 0 unspecified atom stereocenters. The molecule has 0 fully saturated rings. The smallest absolute Gasteiger partial charge is 0.260 e. The Balaban J connectivity index is 2.07. The van der Waals surface area contributed by atoms with Crippen molar-refractivity contribution in [3.8, 4) is 0 Å². The summed E-state index contributed by atoms with van der Waals surface area (Å²) in [7, 11) is 0. The molecular weight excluding hydrogens is 279 g/mol. The number of rotatable bonds is 4. The standard InChI is InChI=1S/C10H10Cl2N4O2/c11-8-3-7(4-14-10(8)12)5-15-2-1-13-9(15)6-16(17)18/h3-4H,1-2,5-6H2. The van der Waals surface area contributed by atoms with E-state index >= 15 is 0 Å². The Bertz CT molecular complexity index is 507. The molecular formula is C10H10Cl2N4O2. The summed E-state index contributed by atoms with van der Waals surface area (Å²) in [6, 6.07) is 1.71. The van der Waals surface area contributed by atoms with Gasteiger partial charge in [0, 0.05) is 24.2 Å². The lowest BCUT2D eigenvalue weighted by atomic mass is 10.2. The van der Waals surface area contributed by atoms with Crippen LogP contribution in [0.1, 0.15) is 5.56 Å². The first-order valence-electron chi connectivity index (χ1n) is 5.26. The van der Waals surface area contributed by atoms with Crippen molar-refractivity contribution >= 4 is 29.0 Å². The molecule has 0 aliphatic carbocycles. The summed E-state index contributed by atoms with van der Waals surface area (Å²) in [5.41, 5.74) is 0.849. The summed E-state index contributed by atoms with van der Waals surface area (Å²) in [4.78, 5) is 20.0. The first-order chi connectivity index (χ1) is 8.56. The maximum absolute atomic E-state index is 10.5. The van der Waals surface area contributed by atoms with Gasteiger partial charge in [0.1, 0.15) is 5.15 Å². The number of pyridine rings is 1. The van der Waals surface area contributed by atoms with E-state index in [1.165, 1.54) is 0 Å². The lowest BCUT2D eigenvalue weighted by Crippen LogP contribution is -2.32. The van der Waals surface area contributed by atoms with Crippen LogP contribution in [-0.2, 0) is 6.54 Å². The van der Waals surface area contributed by atoms with Gasteiger partial charge in [0.25, 0.3) is 6.54 Å². The zero-order chi connectivity index (χ0) is 13.1. The van der Waals surface area contributed by atoms with Gasteiger partial charge in [-0.2, -0.15) is 0 Å². The molecule has 0 saturated carbocycles. The highest BCUT2D eigenvalue weighted by atomic mass is 35.5. The van der Waals surface area contributed by atoms with Crippen molar-refractivity contribution in [2.45, 2.75) is 6.54 Å². The van der Waals surface area contributed by atoms with Crippen LogP contribution in [-0.4, -0.2) is 40.3 Å². The van der Waals surface area contributed by atoms with Gasteiger partial charge in [0.15, 0.2) is 5.84 Å². The fourth-order valence-corrected chi connectivity index (χ4v) is 2.02. The van der Waals surface area contributed by atoms with Crippen molar-refractivity contribution in [2.75, 3.05) is 19.6 Å². The van der Waals surface area contributed by atoms with Crippen molar-refractivity contribution in [3.63, 3.8) is 0 Å². The van der Waals surface area contributed by atoms with Gasteiger partial charge in [0.05, 0.1) is 11.6 Å². The Labute approximate surface area is 113 Å². The average Bonchev–Trinajstić information content (AvgIpc) is 2.70. The van der Waals surface area contributed by atoms with Crippen LogP contribution in [0.15, 0.2) is 17.3 Å². The number of aliphatic imine (C=N–C) groups is 1. The Morgan fingerprint density at radius 3 is 2.94 bits per heavy atom. The first-order valence-corrected chi connectivity index (χ1v) is 6.02. The maximum atomic E-state index is 10.5. The molecule has 1 aromatic rings. The van der Waals surface area contributed by atoms with Crippen molar-refractivity contribution in [3.05, 3.63) is 38.1 Å². The quantitative estimate of drug-likeness (QED) is 0.482. The molecule has 2 heterocycles. The zero-order valence-electron chi connectivity index (χ0n) is 9.34. The molecule has 0 aromatic carbocycles. The second-order valence-electron chi connectivity index (χ2n) is 3.83. The topological polar surface area (TPSA) is 71.6 Å². The third kappa shape index (κ3) is 3.08. The second-order valence-corrected chi connectivity index (χ2v) is 4.59. The van der Waals surface area contributed by atoms with Crippen molar-refractivity contribution in [2.24, 2.45) is 4.99 Å². The summed E-state index contributed by atoms with van der Waals surface area (Å²) < 4.78 is 0. The molecule has 1 aliphatic heterocycles. The lowest BCUT2D eigenvalue weighted by molar-refractivity contribution is -0.464. The highest BCUT2D eigenvalue weighted by Gasteiger charge is 2.21. The lowest BCUT2D eigenvalue weighted by Gasteiger charge is -2.18. The van der Waals surface area contributed by atoms with Crippen LogP contribution in [0, 0.1) is 10.1 Å². The average molecular weight is 289 g/mol. The maximum Gasteiger partial charge on any atom is 0.260 e. The second kappa shape index (κ2) is 5.49. The molecule has 18 heavy (non-hydrogen) atoms. The molecule has 96 valence electrons. The zero-order valence-corrected chi connectivity index (χ0v) is 10.9. The fourth-order valence-electron chi connectivity index (χ4n) is 1.73. The predicted octanol–water partition coefficient (Wildman–Crippen LogP) is 1.88. The van der Waals surface area contributed by atoms with Crippen LogP contribution in [0.4, 0.5) is 0 Å². The van der Waals surface area contributed by atoms with E-state index in [0.29, 0.717) is 30.5 Å². The number of amidine groups is 1. The van der Waals surface area contributed by atoms with Gasteiger partial charge < -0.3 is 4.90 Å². The van der Waals surface area contributed by atoms with Crippen molar-refractivity contribution < 1.29 is 4.92 Å². The molecule has 0 N–H and O–H groups in total. The number of nitro groups is 1. The van der Waals surface area contributed by atoms with E-state index in [1.807, 2.05) is 4.90 Å². The van der Waals surface area contributed by atoms with E-state index in [1.54, 1.807) is 12.3 Å². The third-order valence-electron chi connectivity index (χ3n) is 2.53. The van der Waals surface area contributed by atoms with Gasteiger partial charge in [-0.25, -0.2) is 4.98 Å². The molecule has 0 amide bonds. The van der Waals surface area contributed by atoms with Crippen molar-refractivity contribution in [1.29, 1.82) is 0 Å². The fraction of sp³-hybridized carbons (Fsp3) is 0.400. The highest BCUT2D eigenvalue weighted by molar-refractivity contribution is 6.41. The number of hydrogen-bond donors (Lipinski definition) is 0. The van der Waals surface area contributed by atoms with Crippen LogP contribution in [0.5, 0.6) is 0 Å². The Morgan fingerprint density at radius 1 is 1.50 bits per heavy atom. The predicted molar refractivity (Wildman–Crippen MR) is 68.8 cm³/mol. The molecule has 0 radical (unpaired) electrons. The van der Waals surface area contributed by atoms with E-state index in [9.17, 15) is 10.1 Å². The number of hydrogen-bond acceptors (Lipinski definition) is 5. The Kier molecular flexibility index (Phi) is 3.98. The largest absolute Gasteiger partial charge is 0.349 e. The highest BCUT2D eigenvalue weighted by Crippen LogP contribution is 2.21. The van der Waals surface area contributed by atoms with E-state index < -0.39 is 0 Å². The van der Waals surface area contributed by atoms with Gasteiger partial charge in [-0.15, -0.1) is 0 Å². The molecule has 8 heteroatoms. The van der Waals surface area contributed by atoms with Crippen LogP contribution in [0.25, 0.3) is 0 Å². The summed E-state index contributed by atoms with van der Waals surface area (Å²) in [5.74, 6) is 0.492. The normalized spacial score (nSPS) is 14.8. The van der Waals surface area contributed by atoms with Gasteiger partial charge >= 0.3 is 0 Å². The van der Waals surface area contributed by atoms with Crippen LogP contribution in [0.2, 0.25) is 10.2 Å². The minimum atomic E-state index is -0.385. The number of halogens is 2. The molecule has 0 spiro atoms. The SMILES string of the molecule is O=[N+]([O-])CC1=NCCN1Cc1cnc(Cl)c(Cl)c1. The minimum Gasteiger partial charge on any atom is -0.349 e. The number of nitrogens with zero attached hydrogens (tertiary/aromatic N) is 4. The van der Waals surface area contributed by atoms with E-state index in [0.717, 1.165) is 5.56 Å². The Morgan fingerprint density at radius 2 is 2.28 bits per heavy atom. The van der Waals surface area contributed by atoms with Crippen LogP contribution in [0.3, 0.4) is 0 Å². The summed E-state index contributed by atoms with van der Waals surface area (Å²) in [6.45, 7) is 1.49. The third-order valence-corrected chi connectivity index (χ3v) is 3.21. The first kappa shape index (κ1) is 13.0. The number of aromatic nitrogens is 1. The molecule has 1 aromatic heterocycles. The summed E-state index contributed by atoms with van der Waals surface area (Å²) >= 11 is 11.6.